The maximum atomic E-state index is 10.9. The molecule has 2 aromatic carbocycles. The van der Waals surface area contributed by atoms with Crippen molar-refractivity contribution >= 4 is 17.3 Å². The SMILES string of the molecule is O=[N+]([O-])c1ccccc1OCc1nc(-c2ccc(Cl)cc2)n[nH]1. The lowest BCUT2D eigenvalue weighted by atomic mass is 10.2. The molecule has 0 unspecified atom stereocenters. The van der Waals surface area contributed by atoms with Crippen LogP contribution in [-0.4, -0.2) is 20.1 Å². The first kappa shape index (κ1) is 15.0. The first-order chi connectivity index (χ1) is 11.1. The van der Waals surface area contributed by atoms with E-state index >= 15 is 0 Å². The molecular weight excluding hydrogens is 320 g/mol. The molecule has 8 heteroatoms. The van der Waals surface area contributed by atoms with Crippen LogP contribution in [0.2, 0.25) is 5.02 Å². The lowest BCUT2D eigenvalue weighted by molar-refractivity contribution is -0.385. The number of aromatic amines is 1. The number of nitrogens with zero attached hydrogens (tertiary/aromatic N) is 3. The van der Waals surface area contributed by atoms with Crippen molar-refractivity contribution < 1.29 is 9.66 Å². The lowest BCUT2D eigenvalue weighted by Gasteiger charge is -2.03. The number of halogens is 1. The van der Waals surface area contributed by atoms with Gasteiger partial charge in [0.05, 0.1) is 4.92 Å². The number of hydrogen-bond acceptors (Lipinski definition) is 5. The summed E-state index contributed by atoms with van der Waals surface area (Å²) in [4.78, 5) is 14.7. The largest absolute Gasteiger partial charge is 0.479 e. The highest BCUT2D eigenvalue weighted by Gasteiger charge is 2.14. The van der Waals surface area contributed by atoms with E-state index in [4.69, 9.17) is 16.3 Å². The van der Waals surface area contributed by atoms with Crippen LogP contribution in [-0.2, 0) is 6.61 Å². The molecule has 3 aromatic rings. The molecule has 23 heavy (non-hydrogen) atoms. The predicted molar refractivity (Wildman–Crippen MR) is 84.3 cm³/mol. The Labute approximate surface area is 136 Å². The zero-order chi connectivity index (χ0) is 16.2. The Morgan fingerprint density at radius 3 is 2.65 bits per heavy atom. The molecule has 0 amide bonds. The Hall–Kier alpha value is -2.93. The maximum Gasteiger partial charge on any atom is 0.310 e. The number of nitro benzene ring substituents is 1. The second-order valence-electron chi connectivity index (χ2n) is 4.63. The summed E-state index contributed by atoms with van der Waals surface area (Å²) in [6.45, 7) is 0.0471. The molecule has 0 spiro atoms. The summed E-state index contributed by atoms with van der Waals surface area (Å²) in [6.07, 6.45) is 0. The van der Waals surface area contributed by atoms with Crippen molar-refractivity contribution in [2.45, 2.75) is 6.61 Å². The second-order valence-corrected chi connectivity index (χ2v) is 5.06. The number of rotatable bonds is 5. The minimum absolute atomic E-state index is 0.0471. The number of nitro groups is 1. The van der Waals surface area contributed by atoms with Gasteiger partial charge in [-0.05, 0) is 30.3 Å². The van der Waals surface area contributed by atoms with Crippen LogP contribution in [0.15, 0.2) is 48.5 Å². The molecule has 0 radical (unpaired) electrons. The fourth-order valence-corrected chi connectivity index (χ4v) is 2.09. The molecule has 0 atom stereocenters. The molecule has 0 aliphatic rings. The van der Waals surface area contributed by atoms with Crippen molar-refractivity contribution in [2.75, 3.05) is 0 Å². The number of para-hydroxylation sites is 2. The van der Waals surface area contributed by atoms with Crippen LogP contribution < -0.4 is 4.74 Å². The summed E-state index contributed by atoms with van der Waals surface area (Å²) in [6, 6.07) is 13.3. The van der Waals surface area contributed by atoms with Crippen LogP contribution in [0.3, 0.4) is 0 Å². The summed E-state index contributed by atoms with van der Waals surface area (Å²) in [5.74, 6) is 1.15. The van der Waals surface area contributed by atoms with Gasteiger partial charge < -0.3 is 4.74 Å². The average molecular weight is 331 g/mol. The summed E-state index contributed by atoms with van der Waals surface area (Å²) in [5.41, 5.74) is 0.715. The Bertz CT molecular complexity index is 833. The van der Waals surface area contributed by atoms with Gasteiger partial charge in [-0.3, -0.25) is 15.2 Å². The van der Waals surface area contributed by atoms with E-state index in [1.54, 1.807) is 36.4 Å². The van der Waals surface area contributed by atoms with E-state index in [0.717, 1.165) is 5.56 Å². The van der Waals surface area contributed by atoms with Crippen LogP contribution in [0.4, 0.5) is 5.69 Å². The number of hydrogen-bond donors (Lipinski definition) is 1. The monoisotopic (exact) mass is 330 g/mol. The molecule has 1 heterocycles. The molecular formula is C15H11ClN4O3. The van der Waals surface area contributed by atoms with Crippen molar-refractivity contribution in [1.29, 1.82) is 0 Å². The van der Waals surface area contributed by atoms with Gasteiger partial charge in [-0.15, -0.1) is 0 Å². The summed E-state index contributed by atoms with van der Waals surface area (Å²) >= 11 is 5.84. The van der Waals surface area contributed by atoms with Crippen molar-refractivity contribution in [3.63, 3.8) is 0 Å². The molecule has 0 bridgehead atoms. The number of aromatic nitrogens is 3. The topological polar surface area (TPSA) is 93.9 Å². The van der Waals surface area contributed by atoms with E-state index in [0.29, 0.717) is 16.7 Å². The maximum absolute atomic E-state index is 10.9. The quantitative estimate of drug-likeness (QED) is 0.569. The van der Waals surface area contributed by atoms with Crippen LogP contribution in [0.25, 0.3) is 11.4 Å². The number of benzene rings is 2. The average Bonchev–Trinajstić information content (AvgIpc) is 3.03. The van der Waals surface area contributed by atoms with E-state index in [9.17, 15) is 10.1 Å². The van der Waals surface area contributed by atoms with E-state index in [-0.39, 0.29) is 18.0 Å². The zero-order valence-corrected chi connectivity index (χ0v) is 12.5. The number of H-pyrrole nitrogens is 1. The minimum atomic E-state index is -0.491. The lowest BCUT2D eigenvalue weighted by Crippen LogP contribution is -2.00. The molecule has 116 valence electrons. The molecule has 0 saturated carbocycles. The Kier molecular flexibility index (Phi) is 4.20. The van der Waals surface area contributed by atoms with Gasteiger partial charge in [0, 0.05) is 16.7 Å². The summed E-state index contributed by atoms with van der Waals surface area (Å²) in [7, 11) is 0. The first-order valence-electron chi connectivity index (χ1n) is 6.67. The Morgan fingerprint density at radius 1 is 1.17 bits per heavy atom. The molecule has 0 aliphatic heterocycles. The van der Waals surface area contributed by atoms with Gasteiger partial charge >= 0.3 is 5.69 Å². The summed E-state index contributed by atoms with van der Waals surface area (Å²) < 4.78 is 5.46. The molecule has 0 saturated heterocycles. The van der Waals surface area contributed by atoms with Gasteiger partial charge in [-0.25, -0.2) is 4.98 Å². The first-order valence-corrected chi connectivity index (χ1v) is 7.05. The Balaban J connectivity index is 1.73. The highest BCUT2D eigenvalue weighted by atomic mass is 35.5. The normalized spacial score (nSPS) is 10.5. The van der Waals surface area contributed by atoms with Gasteiger partial charge in [0.15, 0.2) is 17.4 Å². The zero-order valence-electron chi connectivity index (χ0n) is 11.8. The smallest absolute Gasteiger partial charge is 0.310 e. The van der Waals surface area contributed by atoms with E-state index in [1.807, 2.05) is 0 Å². The predicted octanol–water partition coefficient (Wildman–Crippen LogP) is 3.61. The second kappa shape index (κ2) is 6.45. The highest BCUT2D eigenvalue weighted by molar-refractivity contribution is 6.30. The van der Waals surface area contributed by atoms with Crippen molar-refractivity contribution in [3.05, 3.63) is 69.5 Å². The van der Waals surface area contributed by atoms with Crippen LogP contribution in [0.5, 0.6) is 5.75 Å². The number of nitrogens with one attached hydrogen (secondary N) is 1. The van der Waals surface area contributed by atoms with Gasteiger partial charge in [0.25, 0.3) is 0 Å². The van der Waals surface area contributed by atoms with Gasteiger partial charge in [-0.2, -0.15) is 5.10 Å². The van der Waals surface area contributed by atoms with Crippen molar-refractivity contribution in [1.82, 2.24) is 15.2 Å². The van der Waals surface area contributed by atoms with Gasteiger partial charge in [0.2, 0.25) is 0 Å². The third-order valence-electron chi connectivity index (χ3n) is 3.06. The molecule has 1 N–H and O–H groups in total. The van der Waals surface area contributed by atoms with Gasteiger partial charge in [-0.1, -0.05) is 23.7 Å². The fourth-order valence-electron chi connectivity index (χ4n) is 1.96. The van der Waals surface area contributed by atoms with E-state index < -0.39 is 4.92 Å². The molecule has 7 nitrogen and oxygen atoms in total. The van der Waals surface area contributed by atoms with E-state index in [1.165, 1.54) is 12.1 Å². The van der Waals surface area contributed by atoms with Crippen molar-refractivity contribution in [3.8, 4) is 17.1 Å². The molecule has 1 aromatic heterocycles. The Morgan fingerprint density at radius 2 is 1.91 bits per heavy atom. The van der Waals surface area contributed by atoms with Gasteiger partial charge in [0.1, 0.15) is 6.61 Å². The standard InChI is InChI=1S/C15H11ClN4O3/c16-11-7-5-10(6-8-11)15-17-14(18-19-15)9-23-13-4-2-1-3-12(13)20(21)22/h1-8H,9H2,(H,17,18,19). The fraction of sp³-hybridized carbons (Fsp3) is 0.0667. The van der Waals surface area contributed by atoms with Crippen LogP contribution in [0.1, 0.15) is 5.82 Å². The van der Waals surface area contributed by atoms with Crippen LogP contribution >= 0.6 is 11.6 Å². The molecule has 3 rings (SSSR count). The van der Waals surface area contributed by atoms with Crippen molar-refractivity contribution in [2.24, 2.45) is 0 Å². The highest BCUT2D eigenvalue weighted by Crippen LogP contribution is 2.26. The van der Waals surface area contributed by atoms with E-state index in [2.05, 4.69) is 15.2 Å². The third-order valence-corrected chi connectivity index (χ3v) is 3.31. The summed E-state index contributed by atoms with van der Waals surface area (Å²) in [5, 5.41) is 18.4. The number of ether oxygens (including phenoxy) is 1. The third kappa shape index (κ3) is 3.46. The minimum Gasteiger partial charge on any atom is -0.479 e. The van der Waals surface area contributed by atoms with Crippen LogP contribution in [0, 0.1) is 10.1 Å². The molecule has 0 aliphatic carbocycles. The molecule has 0 fully saturated rings.